The molecule has 1 fully saturated rings. The summed E-state index contributed by atoms with van der Waals surface area (Å²) in [6.45, 7) is 16.5. The summed E-state index contributed by atoms with van der Waals surface area (Å²) < 4.78 is 1.73. The van der Waals surface area contributed by atoms with Crippen LogP contribution in [0.5, 0.6) is 0 Å². The summed E-state index contributed by atoms with van der Waals surface area (Å²) >= 11 is 0. The van der Waals surface area contributed by atoms with Crippen molar-refractivity contribution < 1.29 is 4.79 Å². The van der Waals surface area contributed by atoms with E-state index in [0.717, 1.165) is 43.7 Å². The van der Waals surface area contributed by atoms with Crippen LogP contribution in [-0.4, -0.2) is 63.5 Å². The molecule has 0 bridgehead atoms. The number of carbonyl (C=O) groups is 1. The molecule has 0 aliphatic carbocycles. The van der Waals surface area contributed by atoms with Crippen molar-refractivity contribution in [3.63, 3.8) is 0 Å². The molecular weight excluding hydrogens is 478 g/mol. The summed E-state index contributed by atoms with van der Waals surface area (Å²) in [5, 5.41) is 7.39. The molecule has 0 radical (unpaired) electrons. The normalized spacial score (nSPS) is 15.3. The minimum atomic E-state index is -0.0813. The number of piperazine rings is 1. The zero-order valence-electron chi connectivity index (χ0n) is 23.1. The smallest absolute Gasteiger partial charge is 0.252 e. The average molecular weight is 518 g/mol. The highest BCUT2D eigenvalue weighted by Gasteiger charge is 2.20. The fourth-order valence-electron chi connectivity index (χ4n) is 4.75. The third-order valence-corrected chi connectivity index (χ3v) is 6.80. The number of hydrogen-bond donors (Lipinski definition) is 2. The number of anilines is 2. The second-order valence-corrected chi connectivity index (χ2v) is 11.1. The standard InChI is InChI=1S/C29H39N7O2/c1-7-24(37)35-16-14-34(15-17-35)18-21-8-10-22(11-9-21)20(2)31-28-32-26(30-6)23-12-13-25(38)36(27(23)33-28)19-29(3,4)5/h7-13,20H,1,14-19H2,2-6H3,(H2,30,31,32,33). The van der Waals surface area contributed by atoms with E-state index >= 15 is 0 Å². The highest BCUT2D eigenvalue weighted by Crippen LogP contribution is 2.25. The fraction of sp³-hybridized carbons (Fsp3) is 0.448. The molecule has 1 aromatic carbocycles. The molecule has 1 unspecified atom stereocenters. The maximum absolute atomic E-state index is 12.7. The zero-order valence-corrected chi connectivity index (χ0v) is 23.1. The van der Waals surface area contributed by atoms with Crippen molar-refractivity contribution in [2.75, 3.05) is 43.9 Å². The van der Waals surface area contributed by atoms with E-state index in [9.17, 15) is 9.59 Å². The second kappa shape index (κ2) is 11.3. The predicted octanol–water partition coefficient (Wildman–Crippen LogP) is 3.88. The maximum atomic E-state index is 12.7. The van der Waals surface area contributed by atoms with Gasteiger partial charge in [0.15, 0.2) is 5.65 Å². The molecule has 1 aliphatic heterocycles. The molecule has 0 spiro atoms. The Bertz CT molecular complexity index is 1350. The van der Waals surface area contributed by atoms with Crippen LogP contribution >= 0.6 is 0 Å². The van der Waals surface area contributed by atoms with Gasteiger partial charge in [0.2, 0.25) is 11.9 Å². The first-order valence-corrected chi connectivity index (χ1v) is 13.2. The number of aromatic nitrogens is 3. The highest BCUT2D eigenvalue weighted by molar-refractivity contribution is 5.88. The molecule has 3 aromatic rings. The van der Waals surface area contributed by atoms with Gasteiger partial charge in [-0.05, 0) is 35.6 Å². The Labute approximate surface area is 224 Å². The number of carbonyl (C=O) groups excluding carboxylic acids is 1. The Morgan fingerprint density at radius 2 is 1.76 bits per heavy atom. The average Bonchev–Trinajstić information content (AvgIpc) is 2.89. The van der Waals surface area contributed by atoms with Crippen LogP contribution in [0.2, 0.25) is 0 Å². The molecule has 4 rings (SSSR count). The van der Waals surface area contributed by atoms with E-state index in [2.05, 4.69) is 79.1 Å². The lowest BCUT2D eigenvalue weighted by Gasteiger charge is -2.34. The van der Waals surface area contributed by atoms with E-state index in [4.69, 9.17) is 4.98 Å². The molecule has 0 saturated carbocycles. The Morgan fingerprint density at radius 1 is 1.08 bits per heavy atom. The Kier molecular flexibility index (Phi) is 8.16. The first-order valence-electron chi connectivity index (χ1n) is 13.2. The van der Waals surface area contributed by atoms with E-state index in [1.165, 1.54) is 11.6 Å². The third kappa shape index (κ3) is 6.39. The van der Waals surface area contributed by atoms with Gasteiger partial charge in [-0.15, -0.1) is 0 Å². The summed E-state index contributed by atoms with van der Waals surface area (Å²) in [6.07, 6.45) is 1.39. The molecule has 1 atom stereocenters. The molecule has 9 heteroatoms. The van der Waals surface area contributed by atoms with Crippen molar-refractivity contribution in [1.29, 1.82) is 0 Å². The first kappa shape index (κ1) is 27.3. The van der Waals surface area contributed by atoms with E-state index in [0.29, 0.717) is 24.0 Å². The summed E-state index contributed by atoms with van der Waals surface area (Å²) in [5.74, 6) is 1.15. The number of amides is 1. The summed E-state index contributed by atoms with van der Waals surface area (Å²) in [5.41, 5.74) is 2.81. The fourth-order valence-corrected chi connectivity index (χ4v) is 4.75. The van der Waals surface area contributed by atoms with Crippen molar-refractivity contribution in [2.45, 2.75) is 46.8 Å². The second-order valence-electron chi connectivity index (χ2n) is 11.1. The molecule has 1 saturated heterocycles. The van der Waals surface area contributed by atoms with Gasteiger partial charge in [0.05, 0.1) is 11.4 Å². The molecule has 9 nitrogen and oxygen atoms in total. The number of benzene rings is 1. The van der Waals surface area contributed by atoms with Gasteiger partial charge in [0, 0.05) is 52.4 Å². The minimum absolute atomic E-state index is 0.00482. The molecular formula is C29H39N7O2. The van der Waals surface area contributed by atoms with Crippen LogP contribution in [-0.2, 0) is 17.9 Å². The number of nitrogens with zero attached hydrogens (tertiary/aromatic N) is 5. The van der Waals surface area contributed by atoms with Crippen molar-refractivity contribution in [3.05, 3.63) is 70.5 Å². The zero-order chi connectivity index (χ0) is 27.4. The lowest BCUT2D eigenvalue weighted by molar-refractivity contribution is -0.127. The van der Waals surface area contributed by atoms with E-state index in [1.54, 1.807) is 16.7 Å². The predicted molar refractivity (Wildman–Crippen MR) is 153 cm³/mol. The summed E-state index contributed by atoms with van der Waals surface area (Å²) in [6, 6.07) is 11.9. The molecule has 3 heterocycles. The monoisotopic (exact) mass is 517 g/mol. The quantitative estimate of drug-likeness (QED) is 0.438. The van der Waals surface area contributed by atoms with Crippen molar-refractivity contribution in [2.24, 2.45) is 5.41 Å². The van der Waals surface area contributed by atoms with Gasteiger partial charge in [-0.3, -0.25) is 19.1 Å². The van der Waals surface area contributed by atoms with Crippen LogP contribution < -0.4 is 16.2 Å². The first-order chi connectivity index (χ1) is 18.1. The van der Waals surface area contributed by atoms with Crippen molar-refractivity contribution in [3.8, 4) is 0 Å². The highest BCUT2D eigenvalue weighted by atomic mass is 16.2. The number of pyridine rings is 1. The summed E-state index contributed by atoms with van der Waals surface area (Å²) in [7, 11) is 1.82. The Morgan fingerprint density at radius 3 is 2.37 bits per heavy atom. The Balaban J connectivity index is 1.48. The molecule has 1 amide bonds. The molecule has 2 aromatic heterocycles. The van der Waals surface area contributed by atoms with Gasteiger partial charge in [-0.1, -0.05) is 51.6 Å². The van der Waals surface area contributed by atoms with Gasteiger partial charge in [0.1, 0.15) is 5.82 Å². The van der Waals surface area contributed by atoms with Gasteiger partial charge in [-0.25, -0.2) is 0 Å². The lowest BCUT2D eigenvalue weighted by atomic mass is 9.97. The van der Waals surface area contributed by atoms with Crippen LogP contribution in [0, 0.1) is 5.41 Å². The number of hydrogen-bond acceptors (Lipinski definition) is 7. The Hall–Kier alpha value is -3.72. The SMILES string of the molecule is C=CC(=O)N1CCN(Cc2ccc(C(C)Nc3nc(NC)c4ccc(=O)n(CC(C)(C)C)c4n3)cc2)CC1. The van der Waals surface area contributed by atoms with Crippen LogP contribution in [0.25, 0.3) is 11.0 Å². The molecule has 38 heavy (non-hydrogen) atoms. The third-order valence-electron chi connectivity index (χ3n) is 6.80. The van der Waals surface area contributed by atoms with Crippen LogP contribution in [0.15, 0.2) is 53.8 Å². The molecule has 2 N–H and O–H groups in total. The van der Waals surface area contributed by atoms with Crippen LogP contribution in [0.1, 0.15) is 44.9 Å². The van der Waals surface area contributed by atoms with Crippen LogP contribution in [0.3, 0.4) is 0 Å². The number of nitrogens with one attached hydrogen (secondary N) is 2. The molecule has 202 valence electrons. The van der Waals surface area contributed by atoms with Gasteiger partial charge in [0.25, 0.3) is 5.56 Å². The van der Waals surface area contributed by atoms with E-state index in [1.807, 2.05) is 11.9 Å². The topological polar surface area (TPSA) is 95.4 Å². The number of rotatable bonds is 8. The minimum Gasteiger partial charge on any atom is -0.372 e. The van der Waals surface area contributed by atoms with Crippen LogP contribution in [0.4, 0.5) is 11.8 Å². The lowest BCUT2D eigenvalue weighted by Crippen LogP contribution is -2.47. The maximum Gasteiger partial charge on any atom is 0.252 e. The number of fused-ring (bicyclic) bond motifs is 1. The van der Waals surface area contributed by atoms with Crippen molar-refractivity contribution in [1.82, 2.24) is 24.3 Å². The van der Waals surface area contributed by atoms with Gasteiger partial charge < -0.3 is 15.5 Å². The van der Waals surface area contributed by atoms with Gasteiger partial charge >= 0.3 is 0 Å². The van der Waals surface area contributed by atoms with Crippen molar-refractivity contribution >= 4 is 28.7 Å². The summed E-state index contributed by atoms with van der Waals surface area (Å²) in [4.78, 5) is 38.2. The largest absolute Gasteiger partial charge is 0.372 e. The van der Waals surface area contributed by atoms with E-state index in [-0.39, 0.29) is 22.9 Å². The van der Waals surface area contributed by atoms with E-state index < -0.39 is 0 Å². The molecule has 1 aliphatic rings. The van der Waals surface area contributed by atoms with Gasteiger partial charge in [-0.2, -0.15) is 9.97 Å².